The van der Waals surface area contributed by atoms with Gasteiger partial charge in [0, 0.05) is 35.3 Å². The maximum Gasteiger partial charge on any atom is 0.167 e. The van der Waals surface area contributed by atoms with Gasteiger partial charge in [0.1, 0.15) is 0 Å². The van der Waals surface area contributed by atoms with Crippen molar-refractivity contribution in [2.75, 3.05) is 0 Å². The van der Waals surface area contributed by atoms with Gasteiger partial charge in [0.25, 0.3) is 0 Å². The molecule has 88 valence electrons. The van der Waals surface area contributed by atoms with Crippen molar-refractivity contribution in [3.8, 4) is 0 Å². The predicted octanol–water partition coefficient (Wildman–Crippen LogP) is 3.39. The maximum absolute atomic E-state index is 11.8. The summed E-state index contributed by atoms with van der Waals surface area (Å²) in [6, 6.07) is 6.19. The summed E-state index contributed by atoms with van der Waals surface area (Å²) in [6.07, 6.45) is 7.22. The highest BCUT2D eigenvalue weighted by Crippen LogP contribution is 2.32. The summed E-state index contributed by atoms with van der Waals surface area (Å²) in [5.41, 5.74) is 0.888. The van der Waals surface area contributed by atoms with Crippen molar-refractivity contribution < 1.29 is 4.79 Å². The number of carbonyl (C=O) groups excluding carboxylic acids is 1. The standard InChI is InChI=1S/C14H15NOS/c16-14(11-3-4-11)12-5-7-15(10-12)8-6-13-2-1-9-17-13/h1-2,5,7,9-11H,3-4,6,8H2. The third-order valence-corrected chi connectivity index (χ3v) is 4.12. The summed E-state index contributed by atoms with van der Waals surface area (Å²) in [4.78, 5) is 13.2. The van der Waals surface area contributed by atoms with E-state index in [1.807, 2.05) is 18.5 Å². The van der Waals surface area contributed by atoms with Crippen molar-refractivity contribution in [2.24, 2.45) is 5.92 Å². The summed E-state index contributed by atoms with van der Waals surface area (Å²) >= 11 is 1.79. The van der Waals surface area contributed by atoms with E-state index in [2.05, 4.69) is 22.1 Å². The molecule has 3 heteroatoms. The summed E-state index contributed by atoms with van der Waals surface area (Å²) in [6.45, 7) is 0.957. The molecule has 2 aromatic rings. The molecule has 3 rings (SSSR count). The predicted molar refractivity (Wildman–Crippen MR) is 69.5 cm³/mol. The van der Waals surface area contributed by atoms with Crippen LogP contribution in [0.2, 0.25) is 0 Å². The van der Waals surface area contributed by atoms with E-state index >= 15 is 0 Å². The van der Waals surface area contributed by atoms with Crippen molar-refractivity contribution >= 4 is 17.1 Å². The van der Waals surface area contributed by atoms with Gasteiger partial charge < -0.3 is 4.57 Å². The maximum atomic E-state index is 11.8. The highest BCUT2D eigenvalue weighted by molar-refractivity contribution is 7.09. The molecule has 2 aromatic heterocycles. The molecule has 0 spiro atoms. The minimum atomic E-state index is 0.322. The molecule has 1 fully saturated rings. The number of hydrogen-bond donors (Lipinski definition) is 0. The van der Waals surface area contributed by atoms with Crippen molar-refractivity contribution in [2.45, 2.75) is 25.8 Å². The quantitative estimate of drug-likeness (QED) is 0.740. The molecule has 0 atom stereocenters. The second-order valence-electron chi connectivity index (χ2n) is 4.61. The number of ketones is 1. The molecule has 0 aromatic carbocycles. The van der Waals surface area contributed by atoms with E-state index in [-0.39, 0.29) is 0 Å². The van der Waals surface area contributed by atoms with Crippen LogP contribution in [-0.4, -0.2) is 10.4 Å². The Morgan fingerprint density at radius 3 is 3.00 bits per heavy atom. The number of carbonyl (C=O) groups is 1. The highest BCUT2D eigenvalue weighted by Gasteiger charge is 2.30. The smallest absolute Gasteiger partial charge is 0.167 e. The zero-order valence-corrected chi connectivity index (χ0v) is 10.5. The van der Waals surface area contributed by atoms with E-state index in [0.29, 0.717) is 11.7 Å². The lowest BCUT2D eigenvalue weighted by atomic mass is 10.1. The van der Waals surface area contributed by atoms with Gasteiger partial charge in [0.05, 0.1) is 0 Å². The third-order valence-electron chi connectivity index (χ3n) is 3.18. The normalized spacial score (nSPS) is 15.1. The first-order valence-electron chi connectivity index (χ1n) is 6.05. The minimum Gasteiger partial charge on any atom is -0.353 e. The highest BCUT2D eigenvalue weighted by atomic mass is 32.1. The lowest BCUT2D eigenvalue weighted by molar-refractivity contribution is 0.0967. The number of rotatable bonds is 5. The first-order valence-corrected chi connectivity index (χ1v) is 6.93. The Morgan fingerprint density at radius 2 is 2.29 bits per heavy atom. The Balaban J connectivity index is 1.62. The van der Waals surface area contributed by atoms with Crippen molar-refractivity contribution in [1.29, 1.82) is 0 Å². The molecule has 0 aliphatic heterocycles. The largest absolute Gasteiger partial charge is 0.353 e. The van der Waals surface area contributed by atoms with E-state index in [4.69, 9.17) is 0 Å². The first-order chi connectivity index (χ1) is 8.33. The Hall–Kier alpha value is -1.35. The van der Waals surface area contributed by atoms with Gasteiger partial charge in [0.2, 0.25) is 0 Å². The molecule has 1 saturated carbocycles. The molecule has 1 aliphatic carbocycles. The van der Waals surface area contributed by atoms with Gasteiger partial charge in [-0.05, 0) is 36.8 Å². The SMILES string of the molecule is O=C(c1ccn(CCc2cccs2)c1)C1CC1. The second kappa shape index (κ2) is 4.49. The molecule has 0 N–H and O–H groups in total. The topological polar surface area (TPSA) is 22.0 Å². The third kappa shape index (κ3) is 2.50. The lowest BCUT2D eigenvalue weighted by Crippen LogP contribution is -2.01. The average molecular weight is 245 g/mol. The summed E-state index contributed by atoms with van der Waals surface area (Å²) in [5.74, 6) is 0.656. The van der Waals surface area contributed by atoms with Crippen molar-refractivity contribution in [1.82, 2.24) is 4.57 Å². The van der Waals surface area contributed by atoms with Gasteiger partial charge in [-0.1, -0.05) is 6.07 Å². The molecule has 0 unspecified atom stereocenters. The molecule has 2 nitrogen and oxygen atoms in total. The van der Waals surface area contributed by atoms with Gasteiger partial charge in [-0.2, -0.15) is 0 Å². The number of Topliss-reactive ketones (excluding diaryl/α,β-unsaturated/α-hetero) is 1. The van der Waals surface area contributed by atoms with Gasteiger partial charge >= 0.3 is 0 Å². The molecule has 17 heavy (non-hydrogen) atoms. The number of hydrogen-bond acceptors (Lipinski definition) is 2. The van der Waals surface area contributed by atoms with Crippen LogP contribution in [0.1, 0.15) is 28.1 Å². The van der Waals surface area contributed by atoms with Gasteiger partial charge in [-0.25, -0.2) is 0 Å². The summed E-state index contributed by atoms with van der Waals surface area (Å²) in [5, 5.41) is 2.10. The average Bonchev–Trinajstić information content (AvgIpc) is 2.88. The Labute approximate surface area is 105 Å². The molecule has 0 radical (unpaired) electrons. The van der Waals surface area contributed by atoms with E-state index < -0.39 is 0 Å². The fourth-order valence-electron chi connectivity index (χ4n) is 2.00. The monoisotopic (exact) mass is 245 g/mol. The zero-order chi connectivity index (χ0) is 11.7. The van der Waals surface area contributed by atoms with Crippen LogP contribution in [0.25, 0.3) is 0 Å². The fourth-order valence-corrected chi connectivity index (χ4v) is 2.70. The Bertz CT molecular complexity index is 508. The van der Waals surface area contributed by atoms with Crippen LogP contribution in [0.3, 0.4) is 0 Å². The van der Waals surface area contributed by atoms with E-state index in [9.17, 15) is 4.79 Å². The molecule has 2 heterocycles. The molecule has 0 amide bonds. The summed E-state index contributed by atoms with van der Waals surface area (Å²) < 4.78 is 2.12. The van der Waals surface area contributed by atoms with Gasteiger partial charge in [0.15, 0.2) is 5.78 Å². The van der Waals surface area contributed by atoms with E-state index in [0.717, 1.165) is 31.4 Å². The van der Waals surface area contributed by atoms with Crippen LogP contribution in [0.5, 0.6) is 0 Å². The molecular weight excluding hydrogens is 230 g/mol. The van der Waals surface area contributed by atoms with Crippen molar-refractivity contribution in [3.63, 3.8) is 0 Å². The van der Waals surface area contributed by atoms with Crippen LogP contribution in [-0.2, 0) is 13.0 Å². The Kier molecular flexibility index (Phi) is 2.85. The molecule has 0 saturated heterocycles. The van der Waals surface area contributed by atoms with E-state index in [1.165, 1.54) is 4.88 Å². The number of nitrogens with zero attached hydrogens (tertiary/aromatic N) is 1. The fraction of sp³-hybridized carbons (Fsp3) is 0.357. The van der Waals surface area contributed by atoms with Gasteiger partial charge in [-0.3, -0.25) is 4.79 Å². The molecule has 0 bridgehead atoms. The summed E-state index contributed by atoms with van der Waals surface area (Å²) in [7, 11) is 0. The van der Waals surface area contributed by atoms with Crippen LogP contribution in [0.15, 0.2) is 36.0 Å². The number of aryl methyl sites for hydroxylation is 2. The van der Waals surface area contributed by atoms with Crippen LogP contribution in [0.4, 0.5) is 0 Å². The van der Waals surface area contributed by atoms with Crippen LogP contribution >= 0.6 is 11.3 Å². The first kappa shape index (κ1) is 10.8. The number of thiophene rings is 1. The van der Waals surface area contributed by atoms with Crippen LogP contribution in [0, 0.1) is 5.92 Å². The van der Waals surface area contributed by atoms with E-state index in [1.54, 1.807) is 11.3 Å². The zero-order valence-electron chi connectivity index (χ0n) is 9.63. The lowest BCUT2D eigenvalue weighted by Gasteiger charge is -2.00. The number of aromatic nitrogens is 1. The second-order valence-corrected chi connectivity index (χ2v) is 5.64. The van der Waals surface area contributed by atoms with Gasteiger partial charge in [-0.15, -0.1) is 11.3 Å². The molecular formula is C14H15NOS. The van der Waals surface area contributed by atoms with Crippen molar-refractivity contribution in [3.05, 3.63) is 46.4 Å². The van der Waals surface area contributed by atoms with Crippen LogP contribution < -0.4 is 0 Å². The molecule has 1 aliphatic rings. The minimum absolute atomic E-state index is 0.322. The Morgan fingerprint density at radius 1 is 1.41 bits per heavy atom.